The quantitative estimate of drug-likeness (QED) is 0.0451. The predicted octanol–water partition coefficient (Wildman–Crippen LogP) is 7.84. The topological polar surface area (TPSA) is 70.2 Å². The molecule has 0 aromatic heterocycles. The van der Waals surface area contributed by atoms with E-state index in [2.05, 4.69) is 110 Å². The SMILES string of the molecule is Cc1ccc([P+](CCCCCCCCCCNc2cccc(C)c2C(=O)NNC=O)(c2ccc(C)cc2)c2ccc(C)cc2)cc1. The van der Waals surface area contributed by atoms with Gasteiger partial charge in [0.2, 0.25) is 6.41 Å². The lowest BCUT2D eigenvalue weighted by Gasteiger charge is -2.28. The van der Waals surface area contributed by atoms with Crippen molar-refractivity contribution in [2.75, 3.05) is 18.0 Å². The van der Waals surface area contributed by atoms with Gasteiger partial charge in [-0.05, 0) is 95.0 Å². The summed E-state index contributed by atoms with van der Waals surface area (Å²) in [5.41, 5.74) is 10.8. The number of amides is 2. The number of hydrogen-bond donors (Lipinski definition) is 3. The lowest BCUT2D eigenvalue weighted by atomic mass is 10.1. The molecule has 0 unspecified atom stereocenters. The molecule has 242 valence electrons. The van der Waals surface area contributed by atoms with Crippen LogP contribution < -0.4 is 32.1 Å². The Kier molecular flexibility index (Phi) is 13.4. The minimum absolute atomic E-state index is 0.316. The number of rotatable bonds is 18. The first kappa shape index (κ1) is 34.9. The zero-order chi connectivity index (χ0) is 32.8. The van der Waals surface area contributed by atoms with Crippen LogP contribution in [0.3, 0.4) is 0 Å². The molecule has 0 aliphatic carbocycles. The summed E-state index contributed by atoms with van der Waals surface area (Å²) in [6.45, 7) is 9.24. The van der Waals surface area contributed by atoms with E-state index in [0.717, 1.165) is 30.6 Å². The summed E-state index contributed by atoms with van der Waals surface area (Å²) in [5, 5.41) is 7.87. The smallest absolute Gasteiger partial charge is 0.272 e. The lowest BCUT2D eigenvalue weighted by Crippen LogP contribution is -2.37. The first-order valence-electron chi connectivity index (χ1n) is 16.8. The normalized spacial score (nSPS) is 11.2. The zero-order valence-corrected chi connectivity index (χ0v) is 29.0. The van der Waals surface area contributed by atoms with Crippen LogP contribution in [0.5, 0.6) is 0 Å². The monoisotopic (exact) mass is 636 g/mol. The highest BCUT2D eigenvalue weighted by atomic mass is 31.2. The average molecular weight is 637 g/mol. The van der Waals surface area contributed by atoms with Crippen LogP contribution in [0.2, 0.25) is 0 Å². The molecular weight excluding hydrogens is 585 g/mol. The van der Waals surface area contributed by atoms with Crippen LogP contribution in [0.4, 0.5) is 5.69 Å². The number of anilines is 1. The summed E-state index contributed by atoms with van der Waals surface area (Å²) in [7, 11) is -1.78. The third-order valence-electron chi connectivity index (χ3n) is 8.90. The number of nitrogens with one attached hydrogen (secondary N) is 3. The Bertz CT molecular complexity index is 1420. The number of benzene rings is 4. The molecule has 0 atom stereocenters. The zero-order valence-electron chi connectivity index (χ0n) is 28.1. The summed E-state index contributed by atoms with van der Waals surface area (Å²) in [6, 6.07) is 33.8. The molecule has 0 bridgehead atoms. The number of hydrazine groups is 1. The van der Waals surface area contributed by atoms with Gasteiger partial charge in [-0.2, -0.15) is 0 Å². The Morgan fingerprint density at radius 1 is 0.609 bits per heavy atom. The molecule has 2 amide bonds. The fourth-order valence-corrected chi connectivity index (χ4v) is 10.6. The molecule has 0 radical (unpaired) electrons. The van der Waals surface area contributed by atoms with Crippen molar-refractivity contribution in [1.29, 1.82) is 0 Å². The number of carbonyl (C=O) groups excluding carboxylic acids is 2. The minimum atomic E-state index is -1.78. The van der Waals surface area contributed by atoms with Gasteiger partial charge in [0.15, 0.2) is 0 Å². The molecule has 0 saturated heterocycles. The maximum absolute atomic E-state index is 12.5. The second-order valence-electron chi connectivity index (χ2n) is 12.5. The van der Waals surface area contributed by atoms with Crippen LogP contribution in [0.25, 0.3) is 0 Å². The van der Waals surface area contributed by atoms with Crippen molar-refractivity contribution in [3.8, 4) is 0 Å². The Morgan fingerprint density at radius 3 is 1.54 bits per heavy atom. The molecule has 6 heteroatoms. The molecule has 0 aliphatic heterocycles. The second kappa shape index (κ2) is 17.7. The molecule has 0 saturated carbocycles. The molecule has 3 N–H and O–H groups in total. The standard InChI is InChI=1S/C40H50N3O2P/c1-31-16-22-35(23-17-31)46(36-24-18-32(2)19-25-36,37-26-20-33(3)21-27-37)29-12-10-8-6-5-7-9-11-28-41-38-15-13-14-34(4)39(38)40(45)43-42-30-44/h13-27,30H,5-12,28-29H2,1-4H3,(H2-,41,42,43,44,45)/p+1. The maximum Gasteiger partial charge on any atom is 0.272 e. The molecule has 4 rings (SSSR count). The molecule has 46 heavy (non-hydrogen) atoms. The molecule has 4 aromatic rings. The van der Waals surface area contributed by atoms with Crippen LogP contribution in [0.1, 0.15) is 84.0 Å². The molecule has 0 aliphatic rings. The van der Waals surface area contributed by atoms with E-state index in [1.807, 2.05) is 25.1 Å². The van der Waals surface area contributed by atoms with Gasteiger partial charge in [0.05, 0.1) is 11.7 Å². The summed E-state index contributed by atoms with van der Waals surface area (Å²) in [4.78, 5) is 23.0. The van der Waals surface area contributed by atoms with E-state index in [9.17, 15) is 9.59 Å². The van der Waals surface area contributed by atoms with Gasteiger partial charge in [-0.3, -0.25) is 20.4 Å². The van der Waals surface area contributed by atoms with Crippen molar-refractivity contribution in [2.45, 2.75) is 79.1 Å². The second-order valence-corrected chi connectivity index (χ2v) is 16.1. The first-order valence-corrected chi connectivity index (χ1v) is 18.8. The van der Waals surface area contributed by atoms with Gasteiger partial charge in [0.1, 0.15) is 23.2 Å². The maximum atomic E-state index is 12.5. The first-order chi connectivity index (χ1) is 22.3. The van der Waals surface area contributed by atoms with Gasteiger partial charge in [-0.15, -0.1) is 0 Å². The predicted molar refractivity (Wildman–Crippen MR) is 197 cm³/mol. The van der Waals surface area contributed by atoms with Gasteiger partial charge >= 0.3 is 0 Å². The molecule has 0 spiro atoms. The molecular formula is C40H51N3O2P+. The Hall–Kier alpha value is -3.95. The third kappa shape index (κ3) is 9.30. The summed E-state index contributed by atoms with van der Waals surface area (Å²) in [5.74, 6) is -0.316. The Labute approximate surface area is 276 Å². The van der Waals surface area contributed by atoms with E-state index in [-0.39, 0.29) is 5.91 Å². The van der Waals surface area contributed by atoms with E-state index < -0.39 is 7.26 Å². The van der Waals surface area contributed by atoms with Crippen molar-refractivity contribution in [1.82, 2.24) is 10.9 Å². The summed E-state index contributed by atoms with van der Waals surface area (Å²) < 4.78 is 0. The van der Waals surface area contributed by atoms with Crippen molar-refractivity contribution in [3.63, 3.8) is 0 Å². The number of aryl methyl sites for hydroxylation is 4. The highest BCUT2D eigenvalue weighted by Gasteiger charge is 2.44. The van der Waals surface area contributed by atoms with Crippen LogP contribution in [0, 0.1) is 27.7 Å². The fourth-order valence-electron chi connectivity index (χ4n) is 6.26. The van der Waals surface area contributed by atoms with Crippen molar-refractivity contribution in [2.24, 2.45) is 0 Å². The van der Waals surface area contributed by atoms with Crippen LogP contribution in [-0.2, 0) is 4.79 Å². The molecule has 4 aromatic carbocycles. The average Bonchev–Trinajstić information content (AvgIpc) is 3.06. The number of hydrogen-bond acceptors (Lipinski definition) is 3. The number of unbranched alkanes of at least 4 members (excludes halogenated alkanes) is 7. The van der Waals surface area contributed by atoms with E-state index >= 15 is 0 Å². The van der Waals surface area contributed by atoms with Crippen LogP contribution in [-0.4, -0.2) is 25.0 Å². The van der Waals surface area contributed by atoms with E-state index in [1.54, 1.807) is 0 Å². The van der Waals surface area contributed by atoms with Gasteiger partial charge in [-0.1, -0.05) is 97.3 Å². The van der Waals surface area contributed by atoms with E-state index in [4.69, 9.17) is 0 Å². The summed E-state index contributed by atoms with van der Waals surface area (Å²) in [6.07, 6.45) is 11.4. The van der Waals surface area contributed by atoms with Gasteiger partial charge < -0.3 is 5.32 Å². The largest absolute Gasteiger partial charge is 0.384 e. The van der Waals surface area contributed by atoms with Gasteiger partial charge in [-0.25, -0.2) is 0 Å². The van der Waals surface area contributed by atoms with Gasteiger partial charge in [0.25, 0.3) is 5.91 Å². The van der Waals surface area contributed by atoms with E-state index in [0.29, 0.717) is 12.0 Å². The van der Waals surface area contributed by atoms with Crippen LogP contribution >= 0.6 is 7.26 Å². The Balaban J connectivity index is 1.28. The fraction of sp³-hybridized carbons (Fsp3) is 0.350. The molecule has 5 nitrogen and oxygen atoms in total. The van der Waals surface area contributed by atoms with Crippen molar-refractivity contribution in [3.05, 3.63) is 119 Å². The van der Waals surface area contributed by atoms with Crippen molar-refractivity contribution < 1.29 is 9.59 Å². The Morgan fingerprint density at radius 2 is 1.07 bits per heavy atom. The van der Waals surface area contributed by atoms with Gasteiger partial charge in [0, 0.05) is 12.2 Å². The van der Waals surface area contributed by atoms with E-state index in [1.165, 1.54) is 77.3 Å². The minimum Gasteiger partial charge on any atom is -0.384 e. The molecule has 0 fully saturated rings. The summed E-state index contributed by atoms with van der Waals surface area (Å²) >= 11 is 0. The third-order valence-corrected chi connectivity index (χ3v) is 13.4. The lowest BCUT2D eigenvalue weighted by molar-refractivity contribution is -0.110. The molecule has 0 heterocycles. The number of carbonyl (C=O) groups is 2. The van der Waals surface area contributed by atoms with Crippen molar-refractivity contribution >= 4 is 41.2 Å². The highest BCUT2D eigenvalue weighted by Crippen LogP contribution is 2.56. The van der Waals surface area contributed by atoms with Crippen LogP contribution in [0.15, 0.2) is 91.0 Å². The highest BCUT2D eigenvalue weighted by molar-refractivity contribution is 7.95.